The Morgan fingerprint density at radius 2 is 1.12 bits per heavy atom. The fourth-order valence-electron chi connectivity index (χ4n) is 5.34. The second-order valence-corrected chi connectivity index (χ2v) is 13.2. The molecule has 1 N–H and O–H groups in total. The Hall–Kier alpha value is -5.09. The van der Waals surface area contributed by atoms with Gasteiger partial charge in [-0.25, -0.2) is 0 Å². The predicted octanol–water partition coefficient (Wildman–Crippen LogP) is 14.6. The average molecular weight is 688 g/mol. The van der Waals surface area contributed by atoms with Crippen molar-refractivity contribution in [2.24, 2.45) is 0 Å². The van der Waals surface area contributed by atoms with Crippen LogP contribution in [0.4, 0.5) is 11.4 Å². The van der Waals surface area contributed by atoms with Crippen molar-refractivity contribution in [3.63, 3.8) is 0 Å². The molecule has 1 aromatic heterocycles. The molecule has 50 heavy (non-hydrogen) atoms. The van der Waals surface area contributed by atoms with Crippen LogP contribution in [-0.2, 0) is 0 Å². The van der Waals surface area contributed by atoms with Gasteiger partial charge in [0, 0.05) is 26.0 Å². The maximum absolute atomic E-state index is 4.62. The minimum absolute atomic E-state index is 0.998. The molecule has 1 nitrogen and oxygen atoms in total. The largest absolute Gasteiger partial charge is 0.356 e. The smallest absolute Gasteiger partial charge is 0.0384 e. The summed E-state index contributed by atoms with van der Waals surface area (Å²) in [4.78, 5) is 3.57. The zero-order valence-electron chi connectivity index (χ0n) is 29.1. The van der Waals surface area contributed by atoms with Crippen molar-refractivity contribution in [3.8, 4) is 32.0 Å². The molecule has 0 fully saturated rings. The van der Waals surface area contributed by atoms with Gasteiger partial charge in [-0.15, -0.1) is 24.0 Å². The van der Waals surface area contributed by atoms with E-state index in [1.807, 2.05) is 31.3 Å². The first-order valence-corrected chi connectivity index (χ1v) is 18.6. The molecule has 6 aromatic rings. The molecular formula is C47H45NS2. The van der Waals surface area contributed by atoms with Crippen LogP contribution in [0, 0.1) is 6.92 Å². The third kappa shape index (κ3) is 10.7. The Morgan fingerprint density at radius 1 is 0.600 bits per heavy atom. The lowest BCUT2D eigenvalue weighted by atomic mass is 10.0. The summed E-state index contributed by atoms with van der Waals surface area (Å²) in [5, 5.41) is 3.50. The van der Waals surface area contributed by atoms with Crippen LogP contribution in [0.5, 0.6) is 0 Å². The number of allylic oxidation sites excluding steroid dienone is 6. The number of thiol groups is 1. The average Bonchev–Trinajstić information content (AvgIpc) is 3.69. The van der Waals surface area contributed by atoms with E-state index in [2.05, 4.69) is 201 Å². The van der Waals surface area contributed by atoms with E-state index in [9.17, 15) is 0 Å². The van der Waals surface area contributed by atoms with E-state index >= 15 is 0 Å². The fourth-order valence-corrected chi connectivity index (χ4v) is 6.61. The third-order valence-electron chi connectivity index (χ3n) is 8.03. The summed E-state index contributed by atoms with van der Waals surface area (Å²) in [6.07, 6.45) is 15.0. The van der Waals surface area contributed by atoms with Crippen LogP contribution in [-0.4, -0.2) is 0 Å². The molecule has 7 rings (SSSR count). The number of hydrogen-bond donors (Lipinski definition) is 2. The van der Waals surface area contributed by atoms with Crippen LogP contribution < -0.4 is 5.32 Å². The summed E-state index contributed by atoms with van der Waals surface area (Å²) in [6.45, 7) is 6.11. The molecule has 0 saturated carbocycles. The van der Waals surface area contributed by atoms with Gasteiger partial charge in [0.05, 0.1) is 0 Å². The molecule has 0 amide bonds. The van der Waals surface area contributed by atoms with Crippen LogP contribution >= 0.6 is 24.0 Å². The summed E-state index contributed by atoms with van der Waals surface area (Å²) in [5.41, 5.74) is 10.9. The van der Waals surface area contributed by atoms with Crippen molar-refractivity contribution in [1.29, 1.82) is 0 Å². The normalized spacial score (nSPS) is 12.3. The Morgan fingerprint density at radius 3 is 1.70 bits per heavy atom. The maximum atomic E-state index is 4.62. The van der Waals surface area contributed by atoms with E-state index in [-0.39, 0.29) is 0 Å². The molecule has 5 aromatic carbocycles. The molecule has 250 valence electrons. The van der Waals surface area contributed by atoms with Crippen LogP contribution in [0.3, 0.4) is 0 Å². The van der Waals surface area contributed by atoms with E-state index in [1.165, 1.54) is 43.1 Å². The van der Waals surface area contributed by atoms with Gasteiger partial charge in [0.2, 0.25) is 0 Å². The predicted molar refractivity (Wildman–Crippen MR) is 225 cm³/mol. The molecule has 1 aliphatic rings. The Balaban J connectivity index is 0.000000270. The molecular weight excluding hydrogens is 643 g/mol. The van der Waals surface area contributed by atoms with Gasteiger partial charge in [0.15, 0.2) is 0 Å². The molecule has 0 saturated heterocycles. The lowest BCUT2D eigenvalue weighted by molar-refractivity contribution is 1.02. The lowest BCUT2D eigenvalue weighted by Gasteiger charge is -2.08. The SMILES string of the molecule is CC.Cc1ccc(-c2ccccc2)cc1.S/C(=C\C=C\c1ccc(Nc2ccc(-c3ccc(-c4ccccc4)s3)cc2)cc1)C1=CCCC=C1. The first-order chi connectivity index (χ1) is 24.6. The Kier molecular flexibility index (Phi) is 13.9. The zero-order chi connectivity index (χ0) is 35.0. The molecule has 3 heteroatoms. The number of nitrogens with one attached hydrogen (secondary N) is 1. The number of aryl methyl sites for hydroxylation is 1. The molecule has 0 radical (unpaired) electrons. The third-order valence-corrected chi connectivity index (χ3v) is 9.62. The van der Waals surface area contributed by atoms with Crippen molar-refractivity contribution < 1.29 is 0 Å². The van der Waals surface area contributed by atoms with E-state index in [1.54, 1.807) is 0 Å². The molecule has 0 aliphatic heterocycles. The van der Waals surface area contributed by atoms with Gasteiger partial charge in [-0.1, -0.05) is 159 Å². The Bertz CT molecular complexity index is 2010. The summed E-state index contributed by atoms with van der Waals surface area (Å²) < 4.78 is 0. The van der Waals surface area contributed by atoms with Crippen molar-refractivity contribution in [2.75, 3.05) is 5.32 Å². The minimum Gasteiger partial charge on any atom is -0.356 e. The van der Waals surface area contributed by atoms with Gasteiger partial charge < -0.3 is 5.32 Å². The van der Waals surface area contributed by atoms with Crippen LogP contribution in [0.15, 0.2) is 186 Å². The first kappa shape index (κ1) is 36.2. The number of benzene rings is 5. The molecule has 1 heterocycles. The fraction of sp³-hybridized carbons (Fsp3) is 0.106. The van der Waals surface area contributed by atoms with Crippen LogP contribution in [0.2, 0.25) is 0 Å². The molecule has 0 spiro atoms. The Labute approximate surface area is 308 Å². The summed E-state index contributed by atoms with van der Waals surface area (Å²) in [5.74, 6) is 0. The van der Waals surface area contributed by atoms with Gasteiger partial charge in [-0.3, -0.25) is 0 Å². The van der Waals surface area contributed by atoms with Gasteiger partial charge in [-0.05, 0) is 95.6 Å². The molecule has 0 unspecified atom stereocenters. The maximum Gasteiger partial charge on any atom is 0.0384 e. The standard InChI is InChI=1S/C32H27NS2.C13H12.C2H6/c34-30(25-9-3-1-4-10-25)13-7-8-24-14-18-28(19-15-24)33-29-20-16-27(17-21-29)32-23-22-31(35-32)26-11-5-2-6-12-26;1-11-7-9-13(10-8-11)12-5-3-2-4-6-12;1-2/h2-3,5-23,33-34H,1,4H2;2-10H,1H3;1-2H3/b8-7+,30-13-;;. The highest BCUT2D eigenvalue weighted by Gasteiger charge is 2.05. The molecule has 1 aliphatic carbocycles. The van der Waals surface area contributed by atoms with Crippen LogP contribution in [0.25, 0.3) is 38.1 Å². The highest BCUT2D eigenvalue weighted by Crippen LogP contribution is 2.35. The molecule has 0 bridgehead atoms. The van der Waals surface area contributed by atoms with Gasteiger partial charge in [0.25, 0.3) is 0 Å². The second kappa shape index (κ2) is 19.2. The topological polar surface area (TPSA) is 12.0 Å². The monoisotopic (exact) mass is 687 g/mol. The van der Waals surface area contributed by atoms with Crippen molar-refractivity contribution >= 4 is 41.4 Å². The first-order valence-electron chi connectivity index (χ1n) is 17.3. The quantitative estimate of drug-likeness (QED) is 0.120. The van der Waals surface area contributed by atoms with E-state index < -0.39 is 0 Å². The van der Waals surface area contributed by atoms with E-state index in [0.717, 1.165) is 34.7 Å². The van der Waals surface area contributed by atoms with Crippen molar-refractivity contribution in [3.05, 3.63) is 198 Å². The van der Waals surface area contributed by atoms with Crippen molar-refractivity contribution in [1.82, 2.24) is 0 Å². The van der Waals surface area contributed by atoms with Gasteiger partial charge in [0.1, 0.15) is 0 Å². The molecule has 0 atom stereocenters. The number of anilines is 2. The summed E-state index contributed by atoms with van der Waals surface area (Å²) in [7, 11) is 0. The summed E-state index contributed by atoms with van der Waals surface area (Å²) in [6, 6.07) is 51.1. The second-order valence-electron chi connectivity index (χ2n) is 11.6. The van der Waals surface area contributed by atoms with Gasteiger partial charge in [-0.2, -0.15) is 0 Å². The van der Waals surface area contributed by atoms with Crippen LogP contribution in [0.1, 0.15) is 37.8 Å². The number of rotatable bonds is 8. The summed E-state index contributed by atoms with van der Waals surface area (Å²) >= 11 is 6.45. The zero-order valence-corrected chi connectivity index (χ0v) is 30.8. The number of hydrogen-bond acceptors (Lipinski definition) is 3. The van der Waals surface area contributed by atoms with Gasteiger partial charge >= 0.3 is 0 Å². The van der Waals surface area contributed by atoms with Crippen molar-refractivity contribution in [2.45, 2.75) is 33.6 Å². The highest BCUT2D eigenvalue weighted by molar-refractivity contribution is 7.84. The number of thiophene rings is 1. The van der Waals surface area contributed by atoms with E-state index in [4.69, 9.17) is 0 Å². The lowest BCUT2D eigenvalue weighted by Crippen LogP contribution is -1.89. The van der Waals surface area contributed by atoms with E-state index in [0.29, 0.717) is 0 Å². The highest BCUT2D eigenvalue weighted by atomic mass is 32.1. The minimum atomic E-state index is 0.998.